The zero-order chi connectivity index (χ0) is 19.3. The minimum Gasteiger partial charge on any atom is -0.481 e. The lowest BCUT2D eigenvalue weighted by molar-refractivity contribution is -0.178. The predicted molar refractivity (Wildman–Crippen MR) is 91.0 cm³/mol. The number of carbonyl (C=O) groups excluding carboxylic acids is 2. The smallest absolute Gasteiger partial charge is 0.318 e. The van der Waals surface area contributed by atoms with Crippen molar-refractivity contribution in [1.82, 2.24) is 0 Å². The lowest BCUT2D eigenvalue weighted by Crippen LogP contribution is -2.49. The molecule has 0 heterocycles. The van der Waals surface area contributed by atoms with Crippen LogP contribution >= 0.6 is 0 Å². The Morgan fingerprint density at radius 2 is 0.889 bits per heavy atom. The molecule has 6 aliphatic rings. The summed E-state index contributed by atoms with van der Waals surface area (Å²) in [5, 5.41) is 19.1. The Labute approximate surface area is 156 Å². The standard InChI is InChI=1S/C20H22O7/c21-17(22)13-9-1-5-11(6-2-9)15(13)19(25)27-20(26)16-12-7-3-10(4-8-12)14(16)18(23)24/h1,3,5,7,9-16H,2,4,6,8H2,(H,21,22)(H,23,24). The Morgan fingerprint density at radius 3 is 1.15 bits per heavy atom. The number of carbonyl (C=O) groups is 4. The van der Waals surface area contributed by atoms with E-state index in [1.807, 2.05) is 24.3 Å². The largest absolute Gasteiger partial charge is 0.481 e. The highest BCUT2D eigenvalue weighted by Crippen LogP contribution is 2.47. The number of hydrogen-bond acceptors (Lipinski definition) is 5. The summed E-state index contributed by atoms with van der Waals surface area (Å²) in [4.78, 5) is 48.8. The van der Waals surface area contributed by atoms with E-state index in [-0.39, 0.29) is 23.7 Å². The molecule has 2 N–H and O–H groups in total. The average Bonchev–Trinajstić information content (AvgIpc) is 2.67. The van der Waals surface area contributed by atoms with Crippen LogP contribution in [-0.4, -0.2) is 34.1 Å². The zero-order valence-corrected chi connectivity index (χ0v) is 14.7. The molecule has 0 amide bonds. The minimum absolute atomic E-state index is 0.236. The Bertz CT molecular complexity index is 689. The normalized spacial score (nSPS) is 41.3. The van der Waals surface area contributed by atoms with Crippen molar-refractivity contribution in [2.45, 2.75) is 25.7 Å². The maximum Gasteiger partial charge on any atom is 0.318 e. The third kappa shape index (κ3) is 2.89. The molecule has 7 heteroatoms. The number of hydrogen-bond donors (Lipinski definition) is 2. The molecule has 0 aromatic heterocycles. The van der Waals surface area contributed by atoms with Crippen LogP contribution in [0.25, 0.3) is 0 Å². The fourth-order valence-corrected chi connectivity index (χ4v) is 5.54. The Kier molecular flexibility index (Phi) is 4.40. The molecule has 8 atom stereocenters. The summed E-state index contributed by atoms with van der Waals surface area (Å²) in [7, 11) is 0. The number of allylic oxidation sites excluding steroid dienone is 4. The van der Waals surface area contributed by atoms with Gasteiger partial charge >= 0.3 is 23.9 Å². The minimum atomic E-state index is -1.06. The number of rotatable bonds is 4. The SMILES string of the molecule is O=C(O)C1C2C=CC(CC2)C1C(=O)OC(=O)C1C2C=CC(CC2)C1C(=O)O. The first kappa shape index (κ1) is 17.9. The van der Waals surface area contributed by atoms with Gasteiger partial charge in [0.15, 0.2) is 0 Å². The molecule has 0 aromatic rings. The quantitative estimate of drug-likeness (QED) is 0.438. The van der Waals surface area contributed by atoms with Crippen LogP contribution in [0.1, 0.15) is 25.7 Å². The maximum absolute atomic E-state index is 12.7. The maximum atomic E-state index is 12.7. The summed E-state index contributed by atoms with van der Waals surface area (Å²) in [5.74, 6) is -8.35. The molecule has 0 radical (unpaired) electrons. The van der Waals surface area contributed by atoms with E-state index >= 15 is 0 Å². The van der Waals surface area contributed by atoms with Crippen molar-refractivity contribution >= 4 is 23.9 Å². The second-order valence-electron chi connectivity index (χ2n) is 8.10. The average molecular weight is 374 g/mol. The molecule has 0 aliphatic heterocycles. The monoisotopic (exact) mass is 374 g/mol. The summed E-state index contributed by atoms with van der Waals surface area (Å²) in [6, 6.07) is 0. The second kappa shape index (κ2) is 6.62. The molecule has 27 heavy (non-hydrogen) atoms. The molecule has 8 unspecified atom stereocenters. The van der Waals surface area contributed by atoms with Crippen molar-refractivity contribution in [2.24, 2.45) is 47.3 Å². The molecule has 7 nitrogen and oxygen atoms in total. The molecule has 6 rings (SSSR count). The van der Waals surface area contributed by atoms with Crippen molar-refractivity contribution in [3.05, 3.63) is 24.3 Å². The number of ether oxygens (including phenoxy) is 1. The van der Waals surface area contributed by atoms with Crippen molar-refractivity contribution in [2.75, 3.05) is 0 Å². The summed E-state index contributed by atoms with van der Waals surface area (Å²) >= 11 is 0. The van der Waals surface area contributed by atoms with Gasteiger partial charge in [-0.3, -0.25) is 19.2 Å². The highest BCUT2D eigenvalue weighted by molar-refractivity contribution is 5.93. The molecular weight excluding hydrogens is 352 g/mol. The van der Waals surface area contributed by atoms with E-state index in [0.29, 0.717) is 25.7 Å². The van der Waals surface area contributed by atoms with Gasteiger partial charge in [-0.2, -0.15) is 0 Å². The number of aliphatic carboxylic acids is 2. The van der Waals surface area contributed by atoms with E-state index < -0.39 is 47.5 Å². The predicted octanol–water partition coefficient (Wildman–Crippen LogP) is 1.88. The Hall–Kier alpha value is -2.44. The summed E-state index contributed by atoms with van der Waals surface area (Å²) in [6.45, 7) is 0. The van der Waals surface area contributed by atoms with E-state index in [1.54, 1.807) is 0 Å². The molecule has 4 bridgehead atoms. The molecular formula is C20H22O7. The highest BCUT2D eigenvalue weighted by atomic mass is 16.6. The van der Waals surface area contributed by atoms with Crippen LogP contribution < -0.4 is 0 Å². The van der Waals surface area contributed by atoms with Gasteiger partial charge in [-0.25, -0.2) is 0 Å². The molecule has 0 saturated heterocycles. The molecule has 0 aromatic carbocycles. The van der Waals surface area contributed by atoms with Crippen LogP contribution in [0.3, 0.4) is 0 Å². The van der Waals surface area contributed by atoms with E-state index in [1.165, 1.54) is 0 Å². The fraction of sp³-hybridized carbons (Fsp3) is 0.600. The van der Waals surface area contributed by atoms with Gasteiger partial charge < -0.3 is 14.9 Å². The van der Waals surface area contributed by atoms with Gasteiger partial charge in [0.25, 0.3) is 0 Å². The molecule has 144 valence electrons. The van der Waals surface area contributed by atoms with Crippen LogP contribution in [0.2, 0.25) is 0 Å². The number of carboxylic acids is 2. The summed E-state index contributed by atoms with van der Waals surface area (Å²) in [6.07, 6.45) is 10.1. The van der Waals surface area contributed by atoms with E-state index in [4.69, 9.17) is 4.74 Å². The van der Waals surface area contributed by atoms with Crippen LogP contribution in [0.15, 0.2) is 24.3 Å². The highest BCUT2D eigenvalue weighted by Gasteiger charge is 2.52. The first-order chi connectivity index (χ1) is 12.9. The van der Waals surface area contributed by atoms with Crippen molar-refractivity contribution in [3.63, 3.8) is 0 Å². The summed E-state index contributed by atoms with van der Waals surface area (Å²) in [5.41, 5.74) is 0. The summed E-state index contributed by atoms with van der Waals surface area (Å²) < 4.78 is 5.12. The first-order valence-electron chi connectivity index (χ1n) is 9.46. The molecule has 2 fully saturated rings. The second-order valence-corrected chi connectivity index (χ2v) is 8.10. The first-order valence-corrected chi connectivity index (χ1v) is 9.46. The van der Waals surface area contributed by atoms with Gasteiger partial charge in [-0.15, -0.1) is 0 Å². The zero-order valence-electron chi connectivity index (χ0n) is 14.7. The van der Waals surface area contributed by atoms with Crippen molar-refractivity contribution < 1.29 is 34.1 Å². The van der Waals surface area contributed by atoms with Crippen LogP contribution in [-0.2, 0) is 23.9 Å². The van der Waals surface area contributed by atoms with Gasteiger partial charge in [0, 0.05) is 0 Å². The number of esters is 2. The van der Waals surface area contributed by atoms with Gasteiger partial charge in [0.2, 0.25) is 0 Å². The van der Waals surface area contributed by atoms with Crippen molar-refractivity contribution in [1.29, 1.82) is 0 Å². The lowest BCUT2D eigenvalue weighted by Gasteiger charge is -2.43. The van der Waals surface area contributed by atoms with Gasteiger partial charge in [0.05, 0.1) is 23.7 Å². The van der Waals surface area contributed by atoms with Crippen molar-refractivity contribution in [3.8, 4) is 0 Å². The topological polar surface area (TPSA) is 118 Å². The van der Waals surface area contributed by atoms with E-state index in [2.05, 4.69) is 0 Å². The van der Waals surface area contributed by atoms with Gasteiger partial charge in [-0.1, -0.05) is 24.3 Å². The lowest BCUT2D eigenvalue weighted by atomic mass is 9.61. The fourth-order valence-electron chi connectivity index (χ4n) is 5.54. The van der Waals surface area contributed by atoms with Crippen LogP contribution in [0.4, 0.5) is 0 Å². The molecule has 6 aliphatic carbocycles. The number of fused-ring (bicyclic) bond motifs is 4. The molecule has 2 saturated carbocycles. The molecule has 0 spiro atoms. The Balaban J connectivity index is 1.53. The third-order valence-electron chi connectivity index (χ3n) is 6.81. The van der Waals surface area contributed by atoms with Gasteiger partial charge in [-0.05, 0) is 49.4 Å². The Morgan fingerprint density at radius 1 is 0.593 bits per heavy atom. The van der Waals surface area contributed by atoms with Crippen LogP contribution in [0, 0.1) is 47.3 Å². The van der Waals surface area contributed by atoms with E-state index in [9.17, 15) is 29.4 Å². The van der Waals surface area contributed by atoms with Crippen LogP contribution in [0.5, 0.6) is 0 Å². The van der Waals surface area contributed by atoms with Gasteiger partial charge in [0.1, 0.15) is 0 Å². The number of carboxylic acid groups (broad SMARTS) is 2. The third-order valence-corrected chi connectivity index (χ3v) is 6.81. The van der Waals surface area contributed by atoms with E-state index in [0.717, 1.165) is 0 Å².